The maximum atomic E-state index is 14.5. The van der Waals surface area contributed by atoms with Gasteiger partial charge in [0.1, 0.15) is 11.6 Å². The summed E-state index contributed by atoms with van der Waals surface area (Å²) in [5.74, 6) is -1.04. The summed E-state index contributed by atoms with van der Waals surface area (Å²) in [6.45, 7) is 0.0285. The fraction of sp³-hybridized carbons (Fsp3) is 0.125. The molecule has 1 amide bonds. The van der Waals surface area contributed by atoms with Crippen molar-refractivity contribution >= 4 is 38.9 Å². The fourth-order valence-corrected chi connectivity index (χ4v) is 4.95. The Morgan fingerprint density at radius 3 is 2.68 bits per heavy atom. The van der Waals surface area contributed by atoms with Gasteiger partial charge in [-0.2, -0.15) is 0 Å². The van der Waals surface area contributed by atoms with E-state index in [1.165, 1.54) is 29.5 Å². The SMILES string of the molecule is O=C(NCCO)c1cccc(-c2ccc(F)c3cc(Cc4cc(F)cc(Cl)c4)sc23)c1. The fourth-order valence-electron chi connectivity index (χ4n) is 3.47. The number of benzene rings is 3. The van der Waals surface area contributed by atoms with E-state index in [1.54, 1.807) is 36.4 Å². The maximum Gasteiger partial charge on any atom is 0.251 e. The summed E-state index contributed by atoms with van der Waals surface area (Å²) in [6, 6.07) is 16.3. The number of thiophene rings is 1. The maximum absolute atomic E-state index is 14.5. The van der Waals surface area contributed by atoms with Crippen LogP contribution in [0.4, 0.5) is 8.78 Å². The van der Waals surface area contributed by atoms with Gasteiger partial charge in [0.2, 0.25) is 0 Å². The van der Waals surface area contributed by atoms with E-state index in [-0.39, 0.29) is 24.9 Å². The van der Waals surface area contributed by atoms with E-state index in [0.29, 0.717) is 28.0 Å². The van der Waals surface area contributed by atoms with E-state index in [1.807, 2.05) is 6.07 Å². The molecule has 0 bridgehead atoms. The molecule has 0 atom stereocenters. The van der Waals surface area contributed by atoms with Gasteiger partial charge in [0.05, 0.1) is 6.61 Å². The molecule has 4 rings (SSSR count). The first-order chi connectivity index (χ1) is 14.9. The number of hydrogen-bond acceptors (Lipinski definition) is 3. The number of rotatable bonds is 6. The second kappa shape index (κ2) is 9.14. The molecule has 2 N–H and O–H groups in total. The molecule has 7 heteroatoms. The first-order valence-corrected chi connectivity index (χ1v) is 10.8. The summed E-state index contributed by atoms with van der Waals surface area (Å²) < 4.78 is 29.0. The van der Waals surface area contributed by atoms with Crippen molar-refractivity contribution in [3.8, 4) is 11.1 Å². The summed E-state index contributed by atoms with van der Waals surface area (Å²) in [4.78, 5) is 13.1. The Bertz CT molecular complexity index is 1250. The highest BCUT2D eigenvalue weighted by Gasteiger charge is 2.14. The Hall–Kier alpha value is -2.80. The molecular formula is C24H18ClF2NO2S. The van der Waals surface area contributed by atoms with Crippen molar-refractivity contribution in [2.45, 2.75) is 6.42 Å². The van der Waals surface area contributed by atoms with Crippen molar-refractivity contribution in [2.24, 2.45) is 0 Å². The monoisotopic (exact) mass is 457 g/mol. The molecule has 1 aromatic heterocycles. The zero-order valence-corrected chi connectivity index (χ0v) is 17.9. The first kappa shape index (κ1) is 21.4. The van der Waals surface area contributed by atoms with Crippen LogP contribution in [0.5, 0.6) is 0 Å². The number of amides is 1. The van der Waals surface area contributed by atoms with Crippen molar-refractivity contribution < 1.29 is 18.7 Å². The zero-order chi connectivity index (χ0) is 22.0. The molecule has 0 aliphatic carbocycles. The van der Waals surface area contributed by atoms with Crippen molar-refractivity contribution in [2.75, 3.05) is 13.2 Å². The van der Waals surface area contributed by atoms with E-state index in [9.17, 15) is 13.6 Å². The molecule has 0 fully saturated rings. The third kappa shape index (κ3) is 4.77. The van der Waals surface area contributed by atoms with Crippen LogP contribution < -0.4 is 5.32 Å². The van der Waals surface area contributed by atoms with Gasteiger partial charge in [0, 0.05) is 38.5 Å². The lowest BCUT2D eigenvalue weighted by atomic mass is 10.0. The van der Waals surface area contributed by atoms with Crippen LogP contribution in [-0.2, 0) is 6.42 Å². The van der Waals surface area contributed by atoms with Gasteiger partial charge in [-0.1, -0.05) is 29.8 Å². The van der Waals surface area contributed by atoms with E-state index < -0.39 is 5.82 Å². The highest BCUT2D eigenvalue weighted by Crippen LogP contribution is 2.37. The van der Waals surface area contributed by atoms with Crippen LogP contribution in [0.15, 0.2) is 60.7 Å². The third-order valence-corrected chi connectivity index (χ3v) is 6.20. The summed E-state index contributed by atoms with van der Waals surface area (Å²) in [6.07, 6.45) is 0.430. The average Bonchev–Trinajstić information content (AvgIpc) is 3.16. The number of aliphatic hydroxyl groups excluding tert-OH is 1. The van der Waals surface area contributed by atoms with Crippen LogP contribution in [0.3, 0.4) is 0 Å². The van der Waals surface area contributed by atoms with E-state index in [2.05, 4.69) is 5.32 Å². The highest BCUT2D eigenvalue weighted by molar-refractivity contribution is 7.19. The van der Waals surface area contributed by atoms with Crippen LogP contribution in [0.1, 0.15) is 20.8 Å². The lowest BCUT2D eigenvalue weighted by molar-refractivity contribution is 0.0945. The molecule has 0 aliphatic heterocycles. The molecule has 3 aromatic carbocycles. The summed E-state index contributed by atoms with van der Waals surface area (Å²) in [7, 11) is 0. The molecule has 0 aliphatic rings. The average molecular weight is 458 g/mol. The number of halogens is 3. The van der Waals surface area contributed by atoms with Gasteiger partial charge in [-0.05, 0) is 59.2 Å². The molecule has 0 unspecified atom stereocenters. The molecular weight excluding hydrogens is 440 g/mol. The number of carbonyl (C=O) groups excluding carboxylic acids is 1. The van der Waals surface area contributed by atoms with Gasteiger partial charge >= 0.3 is 0 Å². The molecule has 0 spiro atoms. The second-order valence-electron chi connectivity index (χ2n) is 7.07. The van der Waals surface area contributed by atoms with Gasteiger partial charge in [0.15, 0.2) is 0 Å². The minimum absolute atomic E-state index is 0.140. The highest BCUT2D eigenvalue weighted by atomic mass is 35.5. The number of fused-ring (bicyclic) bond motifs is 1. The number of carbonyl (C=O) groups is 1. The Morgan fingerprint density at radius 1 is 1.06 bits per heavy atom. The van der Waals surface area contributed by atoms with Crippen molar-refractivity contribution in [1.82, 2.24) is 5.32 Å². The molecule has 0 radical (unpaired) electrons. The minimum atomic E-state index is -0.410. The Labute approximate surface area is 186 Å². The topological polar surface area (TPSA) is 49.3 Å². The number of aliphatic hydroxyl groups is 1. The van der Waals surface area contributed by atoms with E-state index >= 15 is 0 Å². The lowest BCUT2D eigenvalue weighted by Gasteiger charge is -2.08. The molecule has 0 saturated carbocycles. The lowest BCUT2D eigenvalue weighted by Crippen LogP contribution is -2.26. The Balaban J connectivity index is 1.73. The van der Waals surface area contributed by atoms with Crippen LogP contribution in [0.2, 0.25) is 5.02 Å². The standard InChI is InChI=1S/C24H18ClF2NO2S/c25-17-8-14(9-18(26)12-17)10-19-13-21-22(27)5-4-20(23(21)31-19)15-2-1-3-16(11-15)24(30)28-6-7-29/h1-5,8-9,11-13,29H,6-7,10H2,(H,28,30). The van der Waals surface area contributed by atoms with Gasteiger partial charge in [-0.25, -0.2) is 8.78 Å². The van der Waals surface area contributed by atoms with Gasteiger partial charge < -0.3 is 10.4 Å². The Kier molecular flexibility index (Phi) is 6.32. The van der Waals surface area contributed by atoms with Crippen LogP contribution >= 0.6 is 22.9 Å². The molecule has 0 saturated heterocycles. The first-order valence-electron chi connectivity index (χ1n) is 9.60. The number of nitrogens with one attached hydrogen (secondary N) is 1. The van der Waals surface area contributed by atoms with Crippen LogP contribution in [0.25, 0.3) is 21.2 Å². The smallest absolute Gasteiger partial charge is 0.251 e. The molecule has 31 heavy (non-hydrogen) atoms. The molecule has 4 aromatic rings. The largest absolute Gasteiger partial charge is 0.395 e. The predicted octanol–water partition coefficient (Wildman–Crippen LogP) is 5.81. The quantitative estimate of drug-likeness (QED) is 0.383. The van der Waals surface area contributed by atoms with Crippen LogP contribution in [0, 0.1) is 11.6 Å². The van der Waals surface area contributed by atoms with E-state index in [0.717, 1.165) is 20.7 Å². The predicted molar refractivity (Wildman–Crippen MR) is 121 cm³/mol. The minimum Gasteiger partial charge on any atom is -0.395 e. The summed E-state index contributed by atoms with van der Waals surface area (Å²) in [5.41, 5.74) is 2.75. The molecule has 1 heterocycles. The third-order valence-electron chi connectivity index (χ3n) is 4.82. The second-order valence-corrected chi connectivity index (χ2v) is 8.64. The van der Waals surface area contributed by atoms with Crippen molar-refractivity contribution in [1.29, 1.82) is 0 Å². The normalized spacial score (nSPS) is 11.1. The van der Waals surface area contributed by atoms with Crippen LogP contribution in [-0.4, -0.2) is 24.2 Å². The molecule has 158 valence electrons. The Morgan fingerprint density at radius 2 is 1.90 bits per heavy atom. The molecule has 3 nitrogen and oxygen atoms in total. The zero-order valence-electron chi connectivity index (χ0n) is 16.3. The van der Waals surface area contributed by atoms with Gasteiger partial charge in [-0.3, -0.25) is 4.79 Å². The van der Waals surface area contributed by atoms with Gasteiger partial charge in [0.25, 0.3) is 5.91 Å². The van der Waals surface area contributed by atoms with Crippen molar-refractivity contribution in [3.05, 3.63) is 93.3 Å². The number of hydrogen-bond donors (Lipinski definition) is 2. The van der Waals surface area contributed by atoms with Gasteiger partial charge in [-0.15, -0.1) is 11.3 Å². The summed E-state index contributed by atoms with van der Waals surface area (Å²) >= 11 is 7.38. The summed E-state index contributed by atoms with van der Waals surface area (Å²) in [5, 5.41) is 12.3. The van der Waals surface area contributed by atoms with Crippen molar-refractivity contribution in [3.63, 3.8) is 0 Å². The van der Waals surface area contributed by atoms with E-state index in [4.69, 9.17) is 16.7 Å².